The lowest BCUT2D eigenvalue weighted by molar-refractivity contribution is -0.116. The fourth-order valence-electron chi connectivity index (χ4n) is 4.12. The molecule has 5 heteroatoms. The quantitative estimate of drug-likeness (QED) is 0.850. The van der Waals surface area contributed by atoms with Crippen molar-refractivity contribution in [1.29, 1.82) is 0 Å². The number of fused-ring (bicyclic) bond motifs is 4. The molecule has 4 nitrogen and oxygen atoms in total. The fourth-order valence-corrected chi connectivity index (χ4v) is 5.61. The lowest BCUT2D eigenvalue weighted by Gasteiger charge is -2.26. The summed E-state index contributed by atoms with van der Waals surface area (Å²) < 4.78 is 11.0. The summed E-state index contributed by atoms with van der Waals surface area (Å²) in [6.07, 6.45) is 4.00. The first-order valence-electron chi connectivity index (χ1n) is 8.53. The van der Waals surface area contributed by atoms with Gasteiger partial charge in [0.1, 0.15) is 0 Å². The normalized spacial score (nSPS) is 24.3. The van der Waals surface area contributed by atoms with E-state index in [9.17, 15) is 4.79 Å². The Morgan fingerprint density at radius 1 is 1.21 bits per heavy atom. The fraction of sp³-hybridized carbons (Fsp3) is 0.421. The molecule has 2 unspecified atom stereocenters. The zero-order valence-corrected chi connectivity index (χ0v) is 14.4. The van der Waals surface area contributed by atoms with Gasteiger partial charge in [-0.05, 0) is 54.0 Å². The Kier molecular flexibility index (Phi) is 3.13. The Morgan fingerprint density at radius 2 is 2.08 bits per heavy atom. The second-order valence-corrected chi connectivity index (χ2v) is 8.12. The van der Waals surface area contributed by atoms with Gasteiger partial charge < -0.3 is 14.8 Å². The largest absolute Gasteiger partial charge is 0.454 e. The highest BCUT2D eigenvalue weighted by Crippen LogP contribution is 2.49. The van der Waals surface area contributed by atoms with Crippen LogP contribution in [-0.4, -0.2) is 12.7 Å². The molecule has 0 saturated carbocycles. The van der Waals surface area contributed by atoms with E-state index in [1.165, 1.54) is 22.4 Å². The Morgan fingerprint density at radius 3 is 3.00 bits per heavy atom. The maximum atomic E-state index is 12.3. The molecular weight excluding hydrogens is 322 g/mol. The number of nitrogens with one attached hydrogen (secondary N) is 1. The lowest BCUT2D eigenvalue weighted by Crippen LogP contribution is -2.23. The van der Waals surface area contributed by atoms with Gasteiger partial charge in [0.15, 0.2) is 11.5 Å². The smallest absolute Gasteiger partial charge is 0.231 e. The molecule has 1 amide bonds. The van der Waals surface area contributed by atoms with Gasteiger partial charge in [-0.2, -0.15) is 0 Å². The minimum atomic E-state index is 0.108. The highest BCUT2D eigenvalue weighted by Gasteiger charge is 2.34. The Hall–Kier alpha value is -2.01. The highest BCUT2D eigenvalue weighted by molar-refractivity contribution is 7.16. The zero-order chi connectivity index (χ0) is 16.3. The Bertz CT molecular complexity index is 841. The van der Waals surface area contributed by atoms with Gasteiger partial charge in [0, 0.05) is 17.2 Å². The number of rotatable bonds is 1. The van der Waals surface area contributed by atoms with Crippen molar-refractivity contribution in [2.45, 2.75) is 38.5 Å². The van der Waals surface area contributed by atoms with Crippen LogP contribution in [0.4, 0.5) is 5.00 Å². The molecule has 3 aliphatic rings. The van der Waals surface area contributed by atoms with Crippen molar-refractivity contribution < 1.29 is 14.3 Å². The topological polar surface area (TPSA) is 47.6 Å². The van der Waals surface area contributed by atoms with Crippen molar-refractivity contribution >= 4 is 22.2 Å². The SMILES string of the molecule is CC1CCc2c(sc3c2C(c2ccc4c(c2)OCO4)CC(=O)N3)C1. The Labute approximate surface area is 144 Å². The maximum absolute atomic E-state index is 12.3. The van der Waals surface area contributed by atoms with Crippen LogP contribution in [0.3, 0.4) is 0 Å². The molecule has 0 saturated heterocycles. The standard InChI is InChI=1S/C19H19NO3S/c1-10-2-4-12-16(6-10)24-19-18(12)13(8-17(21)20-19)11-3-5-14-15(7-11)23-9-22-14/h3,5,7,10,13H,2,4,6,8-9H2,1H3,(H,20,21). The number of amides is 1. The van der Waals surface area contributed by atoms with E-state index in [1.807, 2.05) is 12.1 Å². The van der Waals surface area contributed by atoms with Crippen LogP contribution in [0.2, 0.25) is 0 Å². The summed E-state index contributed by atoms with van der Waals surface area (Å²) in [7, 11) is 0. The van der Waals surface area contributed by atoms with Gasteiger partial charge in [-0.3, -0.25) is 4.79 Å². The van der Waals surface area contributed by atoms with Crippen molar-refractivity contribution in [2.24, 2.45) is 5.92 Å². The second kappa shape index (κ2) is 5.24. The van der Waals surface area contributed by atoms with E-state index in [0.717, 1.165) is 40.8 Å². The van der Waals surface area contributed by atoms with Crippen LogP contribution in [0.25, 0.3) is 0 Å². The molecule has 124 valence electrons. The first-order chi connectivity index (χ1) is 11.7. The van der Waals surface area contributed by atoms with Crippen LogP contribution in [0, 0.1) is 5.92 Å². The van der Waals surface area contributed by atoms with Crippen molar-refractivity contribution in [2.75, 3.05) is 12.1 Å². The molecule has 2 aliphatic heterocycles. The predicted molar refractivity (Wildman–Crippen MR) is 93.2 cm³/mol. The zero-order valence-electron chi connectivity index (χ0n) is 13.6. The van der Waals surface area contributed by atoms with Crippen LogP contribution in [0.1, 0.15) is 47.3 Å². The minimum Gasteiger partial charge on any atom is -0.454 e. The van der Waals surface area contributed by atoms with Crippen molar-refractivity contribution in [3.63, 3.8) is 0 Å². The first-order valence-corrected chi connectivity index (χ1v) is 9.34. The third kappa shape index (κ3) is 2.14. The summed E-state index contributed by atoms with van der Waals surface area (Å²) in [5.74, 6) is 2.55. The molecule has 0 fully saturated rings. The molecule has 1 aliphatic carbocycles. The summed E-state index contributed by atoms with van der Waals surface area (Å²) in [5.41, 5.74) is 3.98. The molecular formula is C19H19NO3S. The number of hydrogen-bond donors (Lipinski definition) is 1. The van der Waals surface area contributed by atoms with Gasteiger partial charge in [-0.15, -0.1) is 11.3 Å². The van der Waals surface area contributed by atoms with Crippen LogP contribution >= 0.6 is 11.3 Å². The van der Waals surface area contributed by atoms with Crippen LogP contribution in [0.5, 0.6) is 11.5 Å². The van der Waals surface area contributed by atoms with Gasteiger partial charge in [-0.25, -0.2) is 0 Å². The van der Waals surface area contributed by atoms with Gasteiger partial charge in [-0.1, -0.05) is 13.0 Å². The van der Waals surface area contributed by atoms with E-state index in [0.29, 0.717) is 6.42 Å². The van der Waals surface area contributed by atoms with Gasteiger partial charge in [0.25, 0.3) is 0 Å². The van der Waals surface area contributed by atoms with E-state index >= 15 is 0 Å². The van der Waals surface area contributed by atoms with Crippen molar-refractivity contribution in [3.05, 3.63) is 39.8 Å². The molecule has 0 radical (unpaired) electrons. The average molecular weight is 341 g/mol. The van der Waals surface area contributed by atoms with E-state index in [-0.39, 0.29) is 18.6 Å². The van der Waals surface area contributed by atoms with E-state index in [4.69, 9.17) is 9.47 Å². The number of ether oxygens (including phenoxy) is 2. The molecule has 1 aromatic heterocycles. The third-order valence-corrected chi connectivity index (χ3v) is 6.53. The number of thiophene rings is 1. The molecule has 0 spiro atoms. The molecule has 2 atom stereocenters. The average Bonchev–Trinajstić information content (AvgIpc) is 3.16. The summed E-state index contributed by atoms with van der Waals surface area (Å²) in [6, 6.07) is 6.09. The number of anilines is 1. The maximum Gasteiger partial charge on any atom is 0.231 e. The summed E-state index contributed by atoms with van der Waals surface area (Å²) in [5, 5.41) is 4.17. The Balaban J connectivity index is 1.62. The summed E-state index contributed by atoms with van der Waals surface area (Å²) in [4.78, 5) is 13.7. The number of benzene rings is 1. The number of carbonyl (C=O) groups is 1. The number of carbonyl (C=O) groups excluding carboxylic acids is 1. The molecule has 3 heterocycles. The molecule has 0 bridgehead atoms. The van der Waals surface area contributed by atoms with Crippen molar-refractivity contribution in [3.8, 4) is 11.5 Å². The summed E-state index contributed by atoms with van der Waals surface area (Å²) in [6.45, 7) is 2.59. The molecule has 2 aromatic rings. The van der Waals surface area contributed by atoms with Gasteiger partial charge in [0.05, 0.1) is 5.00 Å². The van der Waals surface area contributed by atoms with Crippen LogP contribution in [-0.2, 0) is 17.6 Å². The van der Waals surface area contributed by atoms with Crippen LogP contribution < -0.4 is 14.8 Å². The third-order valence-electron chi connectivity index (χ3n) is 5.34. The van der Waals surface area contributed by atoms with E-state index < -0.39 is 0 Å². The number of hydrogen-bond acceptors (Lipinski definition) is 4. The second-order valence-electron chi connectivity index (χ2n) is 7.01. The van der Waals surface area contributed by atoms with E-state index in [1.54, 1.807) is 11.3 Å². The van der Waals surface area contributed by atoms with Gasteiger partial charge in [0.2, 0.25) is 12.7 Å². The van der Waals surface area contributed by atoms with Gasteiger partial charge >= 0.3 is 0 Å². The van der Waals surface area contributed by atoms with Crippen molar-refractivity contribution in [1.82, 2.24) is 0 Å². The van der Waals surface area contributed by atoms with E-state index in [2.05, 4.69) is 18.3 Å². The van der Waals surface area contributed by atoms with Crippen LogP contribution in [0.15, 0.2) is 18.2 Å². The molecule has 5 rings (SSSR count). The predicted octanol–water partition coefficient (Wildman–Crippen LogP) is 4.08. The first kappa shape index (κ1) is 14.3. The lowest BCUT2D eigenvalue weighted by atomic mass is 9.80. The molecule has 1 aromatic carbocycles. The minimum absolute atomic E-state index is 0.108. The molecule has 24 heavy (non-hydrogen) atoms. The summed E-state index contributed by atoms with van der Waals surface area (Å²) >= 11 is 1.78. The monoisotopic (exact) mass is 341 g/mol. The molecule has 1 N–H and O–H groups in total. The highest BCUT2D eigenvalue weighted by atomic mass is 32.1.